The molecule has 202 valence electrons. The van der Waals surface area contributed by atoms with Crippen LogP contribution in [0.15, 0.2) is 76.1 Å². The maximum absolute atomic E-state index is 13.7. The molecule has 3 aromatic heterocycles. The molecule has 5 aromatic rings. The summed E-state index contributed by atoms with van der Waals surface area (Å²) in [5.41, 5.74) is 1.90. The van der Waals surface area contributed by atoms with Crippen LogP contribution in [-0.4, -0.2) is 58.0 Å². The lowest BCUT2D eigenvalue weighted by molar-refractivity contribution is 0.163. The molecular formula is C28H30N6O5. The number of furan rings is 1. The van der Waals surface area contributed by atoms with Crippen LogP contribution in [0.3, 0.4) is 0 Å². The first-order chi connectivity index (χ1) is 19.1. The number of aromatic nitrogens is 5. The lowest BCUT2D eigenvalue weighted by Crippen LogP contribution is -2.35. The summed E-state index contributed by atoms with van der Waals surface area (Å²) in [4.78, 5) is 18.9. The standard InChI is InChI=1S/C28H30N6O5/c1-36-13-11-34-27(30-31-32-34)26(33(18-21-10-7-12-39-21)17-19-8-5-4-6-9-19)22-14-20-15-24(37-2)25(38-3)16-23(20)29-28(22)35/h4-10,12,14-16,26H,11,13,17-18H2,1-3H3,(H,29,35)/t26-/m0/s1. The summed E-state index contributed by atoms with van der Waals surface area (Å²) in [5.74, 6) is 2.34. The second-order valence-corrected chi connectivity index (χ2v) is 8.97. The van der Waals surface area contributed by atoms with Gasteiger partial charge < -0.3 is 23.6 Å². The molecule has 0 unspecified atom stereocenters. The average molecular weight is 531 g/mol. The lowest BCUT2D eigenvalue weighted by atomic mass is 10.0. The summed E-state index contributed by atoms with van der Waals surface area (Å²) in [6.07, 6.45) is 1.64. The van der Waals surface area contributed by atoms with Gasteiger partial charge in [0, 0.05) is 30.7 Å². The molecule has 0 fully saturated rings. The van der Waals surface area contributed by atoms with Crippen molar-refractivity contribution in [3.8, 4) is 11.5 Å². The molecule has 3 heterocycles. The number of nitrogens with zero attached hydrogens (tertiary/aromatic N) is 5. The Morgan fingerprint density at radius 1 is 1.00 bits per heavy atom. The minimum absolute atomic E-state index is 0.265. The molecule has 0 radical (unpaired) electrons. The molecule has 2 aromatic carbocycles. The van der Waals surface area contributed by atoms with Crippen LogP contribution >= 0.6 is 0 Å². The fraction of sp³-hybridized carbons (Fsp3) is 0.286. The zero-order valence-electron chi connectivity index (χ0n) is 22.0. The van der Waals surface area contributed by atoms with E-state index in [0.717, 1.165) is 16.7 Å². The maximum atomic E-state index is 13.7. The highest BCUT2D eigenvalue weighted by Crippen LogP contribution is 2.34. The molecule has 11 nitrogen and oxygen atoms in total. The first-order valence-corrected chi connectivity index (χ1v) is 12.5. The van der Waals surface area contributed by atoms with E-state index < -0.39 is 6.04 Å². The molecule has 0 aliphatic heterocycles. The van der Waals surface area contributed by atoms with Crippen molar-refractivity contribution >= 4 is 10.9 Å². The topological polar surface area (TPSA) is 121 Å². The molecule has 0 amide bonds. The third kappa shape index (κ3) is 5.69. The van der Waals surface area contributed by atoms with Crippen LogP contribution in [0, 0.1) is 0 Å². The molecule has 39 heavy (non-hydrogen) atoms. The van der Waals surface area contributed by atoms with Crippen molar-refractivity contribution in [1.82, 2.24) is 30.1 Å². The number of aromatic amines is 1. The number of rotatable bonds is 12. The third-order valence-corrected chi connectivity index (χ3v) is 6.52. The number of benzene rings is 2. The summed E-state index contributed by atoms with van der Waals surface area (Å²) >= 11 is 0. The first-order valence-electron chi connectivity index (χ1n) is 12.5. The number of hydrogen-bond donors (Lipinski definition) is 1. The highest BCUT2D eigenvalue weighted by atomic mass is 16.5. The first kappa shape index (κ1) is 26.1. The van der Waals surface area contributed by atoms with E-state index in [9.17, 15) is 4.79 Å². The fourth-order valence-electron chi connectivity index (χ4n) is 4.66. The van der Waals surface area contributed by atoms with E-state index in [2.05, 4.69) is 25.4 Å². The van der Waals surface area contributed by atoms with Crippen LogP contribution in [0.2, 0.25) is 0 Å². The van der Waals surface area contributed by atoms with E-state index in [-0.39, 0.29) is 5.56 Å². The minimum Gasteiger partial charge on any atom is -0.493 e. The molecule has 11 heteroatoms. The summed E-state index contributed by atoms with van der Waals surface area (Å²) in [7, 11) is 4.76. The Labute approximate surface area is 224 Å². The summed E-state index contributed by atoms with van der Waals surface area (Å²) in [6, 6.07) is 18.6. The Bertz CT molecular complexity index is 1560. The van der Waals surface area contributed by atoms with Gasteiger partial charge in [0.1, 0.15) is 11.8 Å². The van der Waals surface area contributed by atoms with Crippen molar-refractivity contribution in [3.63, 3.8) is 0 Å². The van der Waals surface area contributed by atoms with Gasteiger partial charge in [-0.05, 0) is 40.3 Å². The molecular weight excluding hydrogens is 500 g/mol. The largest absolute Gasteiger partial charge is 0.493 e. The second-order valence-electron chi connectivity index (χ2n) is 8.97. The highest BCUT2D eigenvalue weighted by molar-refractivity contribution is 5.83. The number of methoxy groups -OCH3 is 3. The number of hydrogen-bond acceptors (Lipinski definition) is 9. The molecule has 1 N–H and O–H groups in total. The van der Waals surface area contributed by atoms with Gasteiger partial charge in [0.05, 0.1) is 45.7 Å². The Balaban J connectivity index is 1.70. The van der Waals surface area contributed by atoms with Gasteiger partial charge >= 0.3 is 0 Å². The van der Waals surface area contributed by atoms with Crippen LogP contribution in [0.1, 0.15) is 28.8 Å². The van der Waals surface area contributed by atoms with Gasteiger partial charge in [0.15, 0.2) is 17.3 Å². The summed E-state index contributed by atoms with van der Waals surface area (Å²) < 4.78 is 23.6. The van der Waals surface area contributed by atoms with Gasteiger partial charge in [-0.2, -0.15) is 0 Å². The zero-order valence-corrected chi connectivity index (χ0v) is 22.0. The third-order valence-electron chi connectivity index (χ3n) is 6.52. The predicted octanol–water partition coefficient (Wildman–Crippen LogP) is 3.56. The van der Waals surface area contributed by atoms with Gasteiger partial charge in [-0.15, -0.1) is 5.10 Å². The van der Waals surface area contributed by atoms with Crippen LogP contribution in [0.25, 0.3) is 10.9 Å². The van der Waals surface area contributed by atoms with Gasteiger partial charge in [-0.1, -0.05) is 30.3 Å². The van der Waals surface area contributed by atoms with E-state index in [4.69, 9.17) is 18.6 Å². The van der Waals surface area contributed by atoms with Gasteiger partial charge in [-0.3, -0.25) is 9.69 Å². The quantitative estimate of drug-likeness (QED) is 0.258. The van der Waals surface area contributed by atoms with Crippen LogP contribution in [0.4, 0.5) is 0 Å². The SMILES string of the molecule is COCCn1nnnc1[C@H](c1cc2cc(OC)c(OC)cc2[nH]c1=O)N(Cc1ccccc1)Cc1ccco1. The van der Waals surface area contributed by atoms with Gasteiger partial charge in [0.25, 0.3) is 5.56 Å². The number of tetrazole rings is 1. The average Bonchev–Trinajstić information content (AvgIpc) is 3.64. The van der Waals surface area contributed by atoms with Crippen LogP contribution in [-0.2, 0) is 24.4 Å². The van der Waals surface area contributed by atoms with Crippen molar-refractivity contribution < 1.29 is 18.6 Å². The molecule has 5 rings (SSSR count). The zero-order chi connectivity index (χ0) is 27.2. The molecule has 0 saturated heterocycles. The van der Waals surface area contributed by atoms with E-state index in [1.807, 2.05) is 54.6 Å². The maximum Gasteiger partial charge on any atom is 0.253 e. The molecule has 0 bridgehead atoms. The monoisotopic (exact) mass is 530 g/mol. The Kier molecular flexibility index (Phi) is 7.99. The van der Waals surface area contributed by atoms with Crippen molar-refractivity contribution in [2.45, 2.75) is 25.7 Å². The molecule has 1 atom stereocenters. The van der Waals surface area contributed by atoms with E-state index in [0.29, 0.717) is 54.6 Å². The van der Waals surface area contributed by atoms with Crippen molar-refractivity contribution in [2.75, 3.05) is 27.9 Å². The Hall–Kier alpha value is -4.48. The molecule has 0 saturated carbocycles. The summed E-state index contributed by atoms with van der Waals surface area (Å²) in [6.45, 7) is 1.75. The lowest BCUT2D eigenvalue weighted by Gasteiger charge is -2.30. The van der Waals surface area contributed by atoms with E-state index in [1.165, 1.54) is 0 Å². The molecule has 0 aliphatic rings. The number of pyridine rings is 1. The van der Waals surface area contributed by atoms with Gasteiger partial charge in [-0.25, -0.2) is 4.68 Å². The smallest absolute Gasteiger partial charge is 0.253 e. The number of fused-ring (bicyclic) bond motifs is 1. The fourth-order valence-corrected chi connectivity index (χ4v) is 4.66. The second kappa shape index (κ2) is 11.9. The van der Waals surface area contributed by atoms with E-state index in [1.54, 1.807) is 38.3 Å². The highest BCUT2D eigenvalue weighted by Gasteiger charge is 2.31. The normalized spacial score (nSPS) is 12.2. The minimum atomic E-state index is -0.622. The number of nitrogens with one attached hydrogen (secondary N) is 1. The van der Waals surface area contributed by atoms with Gasteiger partial charge in [0.2, 0.25) is 0 Å². The molecule has 0 spiro atoms. The van der Waals surface area contributed by atoms with Crippen molar-refractivity contribution in [2.24, 2.45) is 0 Å². The predicted molar refractivity (Wildman–Crippen MR) is 144 cm³/mol. The van der Waals surface area contributed by atoms with Crippen LogP contribution < -0.4 is 15.0 Å². The summed E-state index contributed by atoms with van der Waals surface area (Å²) in [5, 5.41) is 13.3. The Morgan fingerprint density at radius 2 is 1.79 bits per heavy atom. The number of H-pyrrole nitrogens is 1. The molecule has 0 aliphatic carbocycles. The Morgan fingerprint density at radius 3 is 2.51 bits per heavy atom. The number of ether oxygens (including phenoxy) is 3. The van der Waals surface area contributed by atoms with Crippen molar-refractivity contribution in [1.29, 1.82) is 0 Å². The van der Waals surface area contributed by atoms with Crippen LogP contribution in [0.5, 0.6) is 11.5 Å². The van der Waals surface area contributed by atoms with E-state index >= 15 is 0 Å². The van der Waals surface area contributed by atoms with Crippen molar-refractivity contribution in [3.05, 3.63) is 100.0 Å².